The first-order valence-corrected chi connectivity index (χ1v) is 10.2. The second-order valence-electron chi connectivity index (χ2n) is 6.68. The van der Waals surface area contributed by atoms with Crippen LogP contribution in [0.15, 0.2) is 70.2 Å². The van der Waals surface area contributed by atoms with Crippen LogP contribution in [-0.4, -0.2) is 23.9 Å². The minimum absolute atomic E-state index is 0.204. The van der Waals surface area contributed by atoms with Gasteiger partial charge in [0.2, 0.25) is 5.76 Å². The fraction of sp³-hybridized carbons (Fsp3) is 0.130. The Kier molecular flexibility index (Phi) is 5.53. The summed E-state index contributed by atoms with van der Waals surface area (Å²) in [6, 6.07) is 17.8. The van der Waals surface area contributed by atoms with Gasteiger partial charge in [-0.15, -0.1) is 0 Å². The molecular weight excluding hydrogens is 479 g/mol. The Morgan fingerprint density at radius 2 is 2.03 bits per heavy atom. The number of esters is 1. The molecule has 29 heavy (non-hydrogen) atoms. The van der Waals surface area contributed by atoms with Crippen LogP contribution in [-0.2, 0) is 11.3 Å². The Hall–Kier alpha value is -2.87. The SMILES string of the molecule is COC(=O)c1ccc(Cn2cc(C=Nc3ccc(I)c(C)c3)c3ccccc32)o1. The monoisotopic (exact) mass is 498 g/mol. The number of hydrogen-bond donors (Lipinski definition) is 0. The van der Waals surface area contributed by atoms with Gasteiger partial charge in [0.25, 0.3) is 0 Å². The number of methoxy groups -OCH3 is 1. The summed E-state index contributed by atoms with van der Waals surface area (Å²) in [7, 11) is 1.34. The average molecular weight is 498 g/mol. The molecule has 0 unspecified atom stereocenters. The molecule has 2 aromatic carbocycles. The van der Waals surface area contributed by atoms with Crippen molar-refractivity contribution in [2.75, 3.05) is 7.11 Å². The summed E-state index contributed by atoms with van der Waals surface area (Å²) in [5, 5.41) is 1.11. The van der Waals surface area contributed by atoms with Gasteiger partial charge in [0.1, 0.15) is 5.76 Å². The number of rotatable bonds is 5. The molecule has 0 aliphatic heterocycles. The molecule has 0 radical (unpaired) electrons. The topological polar surface area (TPSA) is 56.7 Å². The summed E-state index contributed by atoms with van der Waals surface area (Å²) >= 11 is 2.32. The molecule has 146 valence electrons. The van der Waals surface area contributed by atoms with E-state index in [4.69, 9.17) is 9.15 Å². The number of fused-ring (bicyclic) bond motifs is 1. The first-order chi connectivity index (χ1) is 14.0. The molecule has 4 aromatic rings. The summed E-state index contributed by atoms with van der Waals surface area (Å²) in [6.07, 6.45) is 3.94. The van der Waals surface area contributed by atoms with E-state index in [1.807, 2.05) is 30.6 Å². The number of para-hydroxylation sites is 1. The Morgan fingerprint density at radius 3 is 2.83 bits per heavy atom. The van der Waals surface area contributed by atoms with Crippen molar-refractivity contribution in [2.24, 2.45) is 4.99 Å². The van der Waals surface area contributed by atoms with E-state index in [2.05, 4.69) is 63.3 Å². The van der Waals surface area contributed by atoms with Crippen LogP contribution in [0.5, 0.6) is 0 Å². The molecule has 6 heteroatoms. The fourth-order valence-electron chi connectivity index (χ4n) is 3.20. The van der Waals surface area contributed by atoms with Crippen molar-refractivity contribution in [1.29, 1.82) is 0 Å². The maximum Gasteiger partial charge on any atom is 0.373 e. The van der Waals surface area contributed by atoms with Gasteiger partial charge < -0.3 is 13.7 Å². The van der Waals surface area contributed by atoms with Gasteiger partial charge >= 0.3 is 5.97 Å². The first-order valence-electron chi connectivity index (χ1n) is 9.10. The molecule has 2 heterocycles. The molecule has 0 amide bonds. The van der Waals surface area contributed by atoms with Crippen molar-refractivity contribution in [3.63, 3.8) is 0 Å². The van der Waals surface area contributed by atoms with Crippen LogP contribution < -0.4 is 0 Å². The molecule has 0 saturated carbocycles. The Labute approximate surface area is 182 Å². The van der Waals surface area contributed by atoms with E-state index in [0.29, 0.717) is 12.3 Å². The quantitative estimate of drug-likeness (QED) is 0.201. The number of halogens is 1. The van der Waals surface area contributed by atoms with Crippen LogP contribution >= 0.6 is 22.6 Å². The molecule has 0 atom stereocenters. The number of hydrogen-bond acceptors (Lipinski definition) is 4. The predicted octanol–water partition coefficient (Wildman–Crippen LogP) is 5.73. The van der Waals surface area contributed by atoms with Gasteiger partial charge in [0, 0.05) is 32.4 Å². The van der Waals surface area contributed by atoms with Gasteiger partial charge in [0.15, 0.2) is 0 Å². The number of aromatic nitrogens is 1. The van der Waals surface area contributed by atoms with Crippen molar-refractivity contribution in [3.8, 4) is 0 Å². The Balaban J connectivity index is 1.66. The van der Waals surface area contributed by atoms with Crippen LogP contribution in [0.1, 0.15) is 27.4 Å². The summed E-state index contributed by atoms with van der Waals surface area (Å²) in [5.41, 5.74) is 4.23. The molecule has 4 rings (SSSR count). The highest BCUT2D eigenvalue weighted by Crippen LogP contribution is 2.24. The molecule has 0 N–H and O–H groups in total. The normalized spacial score (nSPS) is 11.4. The van der Waals surface area contributed by atoms with Crippen molar-refractivity contribution >= 4 is 51.4 Å². The summed E-state index contributed by atoms with van der Waals surface area (Å²) < 4.78 is 13.6. The highest BCUT2D eigenvalue weighted by atomic mass is 127. The van der Waals surface area contributed by atoms with Gasteiger partial charge in [-0.05, 0) is 71.5 Å². The largest absolute Gasteiger partial charge is 0.463 e. The number of nitrogens with zero attached hydrogens (tertiary/aromatic N) is 2. The zero-order valence-electron chi connectivity index (χ0n) is 16.1. The number of furan rings is 1. The summed E-state index contributed by atoms with van der Waals surface area (Å²) in [6.45, 7) is 2.59. The highest BCUT2D eigenvalue weighted by Gasteiger charge is 2.13. The van der Waals surface area contributed by atoms with E-state index in [9.17, 15) is 4.79 Å². The van der Waals surface area contributed by atoms with Crippen LogP contribution in [0, 0.1) is 10.5 Å². The zero-order valence-corrected chi connectivity index (χ0v) is 18.2. The highest BCUT2D eigenvalue weighted by molar-refractivity contribution is 14.1. The number of aryl methyl sites for hydroxylation is 1. The second kappa shape index (κ2) is 8.24. The van der Waals surface area contributed by atoms with Gasteiger partial charge in [0.05, 0.1) is 19.3 Å². The van der Waals surface area contributed by atoms with Crippen LogP contribution in [0.2, 0.25) is 0 Å². The fourth-order valence-corrected chi connectivity index (χ4v) is 3.54. The smallest absolute Gasteiger partial charge is 0.373 e. The lowest BCUT2D eigenvalue weighted by Crippen LogP contribution is -1.99. The third-order valence-corrected chi connectivity index (χ3v) is 5.90. The van der Waals surface area contributed by atoms with Crippen LogP contribution in [0.3, 0.4) is 0 Å². The number of carbonyl (C=O) groups excluding carboxylic acids is 1. The van der Waals surface area contributed by atoms with Gasteiger partial charge in [-0.3, -0.25) is 4.99 Å². The first kappa shape index (κ1) is 19.4. The lowest BCUT2D eigenvalue weighted by Gasteiger charge is -2.02. The van der Waals surface area contributed by atoms with Crippen LogP contribution in [0.25, 0.3) is 10.9 Å². The summed E-state index contributed by atoms with van der Waals surface area (Å²) in [4.78, 5) is 16.3. The van der Waals surface area contributed by atoms with Crippen molar-refractivity contribution in [1.82, 2.24) is 4.57 Å². The third-order valence-electron chi connectivity index (χ3n) is 4.69. The van der Waals surface area contributed by atoms with Gasteiger partial charge in [-0.1, -0.05) is 18.2 Å². The number of carbonyl (C=O) groups is 1. The number of benzene rings is 2. The molecule has 0 aliphatic rings. The lowest BCUT2D eigenvalue weighted by atomic mass is 10.2. The maximum atomic E-state index is 11.6. The maximum absolute atomic E-state index is 11.6. The standard InChI is InChI=1S/C23H19IN2O3/c1-15-11-17(7-9-20(15)24)25-12-16-13-26(21-6-4-3-5-19(16)21)14-18-8-10-22(29-18)23(27)28-2/h3-13H,14H2,1-2H3. The van der Waals surface area contributed by atoms with E-state index in [1.54, 1.807) is 12.1 Å². The Bertz CT molecular complexity index is 1220. The van der Waals surface area contributed by atoms with Gasteiger partial charge in [-0.25, -0.2) is 4.79 Å². The lowest BCUT2D eigenvalue weighted by molar-refractivity contribution is 0.0563. The van der Waals surface area contributed by atoms with Crippen molar-refractivity contribution in [2.45, 2.75) is 13.5 Å². The second-order valence-corrected chi connectivity index (χ2v) is 7.84. The van der Waals surface area contributed by atoms with E-state index >= 15 is 0 Å². The average Bonchev–Trinajstić information content (AvgIpc) is 3.34. The van der Waals surface area contributed by atoms with Crippen molar-refractivity contribution < 1.29 is 13.9 Å². The van der Waals surface area contributed by atoms with Gasteiger partial charge in [-0.2, -0.15) is 0 Å². The number of aliphatic imine (C=N–C) groups is 1. The van der Waals surface area contributed by atoms with E-state index in [1.165, 1.54) is 16.2 Å². The van der Waals surface area contributed by atoms with Crippen molar-refractivity contribution in [3.05, 3.63) is 87.0 Å². The number of ether oxygens (including phenoxy) is 1. The minimum atomic E-state index is -0.478. The molecule has 2 aromatic heterocycles. The predicted molar refractivity (Wildman–Crippen MR) is 122 cm³/mol. The zero-order chi connectivity index (χ0) is 20.4. The third kappa shape index (κ3) is 4.12. The summed E-state index contributed by atoms with van der Waals surface area (Å²) in [5.74, 6) is 0.409. The molecule has 0 fully saturated rings. The molecule has 0 saturated heterocycles. The molecule has 0 aliphatic carbocycles. The molecule has 5 nitrogen and oxygen atoms in total. The molecule has 0 spiro atoms. The van der Waals surface area contributed by atoms with E-state index in [0.717, 1.165) is 22.2 Å². The Morgan fingerprint density at radius 1 is 1.21 bits per heavy atom. The van der Waals surface area contributed by atoms with Crippen LogP contribution in [0.4, 0.5) is 5.69 Å². The van der Waals surface area contributed by atoms with E-state index in [-0.39, 0.29) is 5.76 Å². The minimum Gasteiger partial charge on any atom is -0.463 e. The van der Waals surface area contributed by atoms with E-state index < -0.39 is 5.97 Å². The molecular formula is C23H19IN2O3. The molecule has 0 bridgehead atoms.